The molecule has 0 unspecified atom stereocenters. The van der Waals surface area contributed by atoms with Gasteiger partial charge in [-0.2, -0.15) is 0 Å². The van der Waals surface area contributed by atoms with E-state index < -0.39 is 8.32 Å². The summed E-state index contributed by atoms with van der Waals surface area (Å²) in [6, 6.07) is 1.23. The van der Waals surface area contributed by atoms with Crippen LogP contribution in [0, 0.1) is 46.3 Å². The van der Waals surface area contributed by atoms with Gasteiger partial charge in [-0.3, -0.25) is 4.79 Å². The van der Waals surface area contributed by atoms with Crippen molar-refractivity contribution in [1.29, 1.82) is 0 Å². The number of carbonyl (C=O) groups excluding carboxylic acids is 1. The maximum atomic E-state index is 11.7. The molecule has 0 radical (unpaired) electrons. The van der Waals surface area contributed by atoms with Crippen LogP contribution in [-0.4, -0.2) is 27.5 Å². The first-order valence-corrected chi connectivity index (χ1v) is 17.4. The number of hydrogen-bond donors (Lipinski definition) is 0. The maximum Gasteiger partial charge on any atom is 0.305 e. The average molecular weight is 477 g/mol. The molecule has 0 N–H and O–H groups in total. The zero-order valence-corrected chi connectivity index (χ0v) is 23.8. The number of hydrogen-bond acceptors (Lipinski definition) is 3. The smallest absolute Gasteiger partial charge is 0.305 e. The molecule has 0 amide bonds. The van der Waals surface area contributed by atoms with Gasteiger partial charge in [0.2, 0.25) is 0 Å². The lowest BCUT2D eigenvalue weighted by molar-refractivity contribution is -0.141. The van der Waals surface area contributed by atoms with Gasteiger partial charge in [-0.05, 0) is 130 Å². The third-order valence-corrected chi connectivity index (χ3v) is 14.4. The number of fused-ring (bicyclic) bond motifs is 5. The molecule has 0 aromatic heterocycles. The predicted octanol–water partition coefficient (Wildman–Crippen LogP) is 7.84. The highest BCUT2D eigenvalue weighted by molar-refractivity contribution is 6.71. The van der Waals surface area contributed by atoms with Gasteiger partial charge in [-0.15, -0.1) is 0 Å². The average Bonchev–Trinajstić information content (AvgIpc) is 3.14. The molecule has 4 saturated carbocycles. The Kier molecular flexibility index (Phi) is 7.48. The van der Waals surface area contributed by atoms with Crippen LogP contribution in [0.5, 0.6) is 0 Å². The van der Waals surface area contributed by atoms with Crippen LogP contribution in [0.4, 0.5) is 0 Å². The SMILES string of the molecule is CC[Si](C)(C)O[C@@H]1CC[C@@]2(C)[C@@H](CC[C@@H]3[C@@H]2CC[C@]2(C)[C@@H]([C@H](C)CCC(=O)OC)CC[C@@H]32)C1. The molecule has 4 heteroatoms. The number of methoxy groups -OCH3 is 1. The van der Waals surface area contributed by atoms with Crippen LogP contribution in [-0.2, 0) is 14.0 Å². The Hall–Kier alpha value is -0.353. The van der Waals surface area contributed by atoms with Crippen molar-refractivity contribution in [1.82, 2.24) is 0 Å². The van der Waals surface area contributed by atoms with Crippen molar-refractivity contribution >= 4 is 14.3 Å². The van der Waals surface area contributed by atoms with E-state index in [1.807, 2.05) is 0 Å². The molecule has 190 valence electrons. The second kappa shape index (κ2) is 9.60. The molecule has 3 nitrogen and oxygen atoms in total. The summed E-state index contributed by atoms with van der Waals surface area (Å²) >= 11 is 0. The molecule has 4 aliphatic rings. The summed E-state index contributed by atoms with van der Waals surface area (Å²) in [7, 11) is 0.0464. The Labute approximate surface area is 205 Å². The predicted molar refractivity (Wildman–Crippen MR) is 138 cm³/mol. The van der Waals surface area contributed by atoms with Crippen molar-refractivity contribution in [2.45, 2.75) is 124 Å². The van der Waals surface area contributed by atoms with Crippen LogP contribution in [0.2, 0.25) is 19.1 Å². The summed E-state index contributed by atoms with van der Waals surface area (Å²) in [5, 5.41) is 0. The molecule has 0 heterocycles. The van der Waals surface area contributed by atoms with E-state index in [1.165, 1.54) is 70.9 Å². The van der Waals surface area contributed by atoms with E-state index in [0.29, 0.717) is 29.3 Å². The third-order valence-electron chi connectivity index (χ3n) is 11.7. The number of carbonyl (C=O) groups is 1. The molecule has 0 aromatic carbocycles. The minimum absolute atomic E-state index is 0.0407. The van der Waals surface area contributed by atoms with Gasteiger partial charge in [0.1, 0.15) is 0 Å². The second-order valence-corrected chi connectivity index (χ2v) is 18.1. The molecular weight excluding hydrogens is 424 g/mol. The van der Waals surface area contributed by atoms with Gasteiger partial charge < -0.3 is 9.16 Å². The molecule has 4 rings (SSSR count). The topological polar surface area (TPSA) is 35.5 Å². The monoisotopic (exact) mass is 476 g/mol. The van der Waals surface area contributed by atoms with Crippen molar-refractivity contribution in [2.75, 3.05) is 7.11 Å². The van der Waals surface area contributed by atoms with Crippen molar-refractivity contribution in [3.63, 3.8) is 0 Å². The first kappa shape index (κ1) is 25.7. The van der Waals surface area contributed by atoms with E-state index in [4.69, 9.17) is 9.16 Å². The van der Waals surface area contributed by atoms with Crippen LogP contribution < -0.4 is 0 Å². The quantitative estimate of drug-likeness (QED) is 0.277. The van der Waals surface area contributed by atoms with E-state index in [0.717, 1.165) is 36.0 Å². The van der Waals surface area contributed by atoms with Gasteiger partial charge in [0.15, 0.2) is 8.32 Å². The molecule has 9 atom stereocenters. The second-order valence-electron chi connectivity index (χ2n) is 13.6. The summed E-state index contributed by atoms with van der Waals surface area (Å²) in [6.07, 6.45) is 14.6. The van der Waals surface area contributed by atoms with Gasteiger partial charge in [-0.1, -0.05) is 27.7 Å². The highest BCUT2D eigenvalue weighted by atomic mass is 28.4. The van der Waals surface area contributed by atoms with Gasteiger partial charge >= 0.3 is 5.97 Å². The number of rotatable bonds is 7. The Bertz CT molecular complexity index is 707. The summed E-state index contributed by atoms with van der Waals surface area (Å²) in [4.78, 5) is 11.7. The minimum atomic E-state index is -1.47. The van der Waals surface area contributed by atoms with Gasteiger partial charge in [0.25, 0.3) is 0 Å². The van der Waals surface area contributed by atoms with Gasteiger partial charge in [-0.25, -0.2) is 0 Å². The third kappa shape index (κ3) is 4.73. The van der Waals surface area contributed by atoms with Crippen molar-refractivity contribution in [3.8, 4) is 0 Å². The van der Waals surface area contributed by atoms with Crippen molar-refractivity contribution < 1.29 is 14.0 Å². The summed E-state index contributed by atoms with van der Waals surface area (Å²) < 4.78 is 11.7. The van der Waals surface area contributed by atoms with Crippen LogP contribution in [0.25, 0.3) is 0 Å². The molecule has 4 aliphatic carbocycles. The Morgan fingerprint density at radius 1 is 1.00 bits per heavy atom. The Morgan fingerprint density at radius 2 is 1.70 bits per heavy atom. The summed E-state index contributed by atoms with van der Waals surface area (Å²) in [5.74, 6) is 5.00. The van der Waals surface area contributed by atoms with E-state index in [2.05, 4.69) is 40.8 Å². The summed E-state index contributed by atoms with van der Waals surface area (Å²) in [6.45, 7) is 14.9. The lowest BCUT2D eigenvalue weighted by Gasteiger charge is -2.61. The Balaban J connectivity index is 1.43. The molecule has 0 aliphatic heterocycles. The highest BCUT2D eigenvalue weighted by Gasteiger charge is 2.60. The first-order chi connectivity index (χ1) is 15.5. The van der Waals surface area contributed by atoms with Crippen LogP contribution in [0.1, 0.15) is 98.3 Å². The van der Waals surface area contributed by atoms with Crippen LogP contribution in [0.3, 0.4) is 0 Å². The van der Waals surface area contributed by atoms with Gasteiger partial charge in [0.05, 0.1) is 7.11 Å². The van der Waals surface area contributed by atoms with E-state index in [9.17, 15) is 4.79 Å². The minimum Gasteiger partial charge on any atom is -0.469 e. The number of esters is 1. The molecule has 4 fully saturated rings. The molecule has 0 spiro atoms. The van der Waals surface area contributed by atoms with Crippen molar-refractivity contribution in [2.24, 2.45) is 46.3 Å². The zero-order chi connectivity index (χ0) is 24.0. The lowest BCUT2D eigenvalue weighted by Crippen LogP contribution is -2.54. The molecule has 33 heavy (non-hydrogen) atoms. The Morgan fingerprint density at radius 3 is 2.39 bits per heavy atom. The molecule has 0 saturated heterocycles. The highest BCUT2D eigenvalue weighted by Crippen LogP contribution is 2.68. The maximum absolute atomic E-state index is 11.7. The fraction of sp³-hybridized carbons (Fsp3) is 0.966. The molecular formula is C29H52O3Si. The first-order valence-electron chi connectivity index (χ1n) is 14.3. The molecule has 0 aromatic rings. The summed E-state index contributed by atoms with van der Waals surface area (Å²) in [5.41, 5.74) is 1.02. The standard InChI is InChI=1S/C29H52O3Si/c1-8-33(6,7)32-22-15-17-28(3)21(19-22)10-11-23-25-13-12-24(20(2)9-14-27(30)31-5)29(25,4)18-16-26(23)28/h20-26H,8-19H2,1-7H3/t20-,21+,22-,23+,24-,25+,26+,28+,29-/m1/s1. The van der Waals surface area contributed by atoms with E-state index in [-0.39, 0.29) is 5.97 Å². The van der Waals surface area contributed by atoms with E-state index in [1.54, 1.807) is 0 Å². The van der Waals surface area contributed by atoms with Crippen LogP contribution in [0.15, 0.2) is 0 Å². The van der Waals surface area contributed by atoms with Crippen LogP contribution >= 0.6 is 0 Å². The lowest BCUT2D eigenvalue weighted by atomic mass is 9.44. The largest absolute Gasteiger partial charge is 0.469 e. The fourth-order valence-corrected chi connectivity index (χ4v) is 10.8. The fourth-order valence-electron chi connectivity index (χ4n) is 9.48. The molecule has 0 bridgehead atoms. The number of ether oxygens (including phenoxy) is 1. The van der Waals surface area contributed by atoms with Gasteiger partial charge in [0, 0.05) is 12.5 Å². The van der Waals surface area contributed by atoms with E-state index >= 15 is 0 Å². The van der Waals surface area contributed by atoms with Crippen molar-refractivity contribution in [3.05, 3.63) is 0 Å². The zero-order valence-electron chi connectivity index (χ0n) is 22.8. The normalized spacial score (nSPS) is 43.8.